The summed E-state index contributed by atoms with van der Waals surface area (Å²) >= 11 is 0. The van der Waals surface area contributed by atoms with E-state index in [-0.39, 0.29) is 30.1 Å². The Morgan fingerprint density at radius 2 is 1.94 bits per heavy atom. The topological polar surface area (TPSA) is 87.8 Å². The summed E-state index contributed by atoms with van der Waals surface area (Å²) in [5.41, 5.74) is 2.68. The molecule has 0 radical (unpaired) electrons. The van der Waals surface area contributed by atoms with Crippen molar-refractivity contribution in [3.8, 4) is 11.4 Å². The minimum atomic E-state index is -0.346. The number of anilines is 1. The van der Waals surface area contributed by atoms with Crippen LogP contribution in [0.1, 0.15) is 11.4 Å². The fourth-order valence-corrected chi connectivity index (χ4v) is 5.76. The van der Waals surface area contributed by atoms with Crippen LogP contribution in [0.2, 0.25) is 0 Å². The molecule has 1 N–H and O–H groups in total. The van der Waals surface area contributed by atoms with Crippen LogP contribution in [0.25, 0.3) is 11.4 Å². The Morgan fingerprint density at radius 1 is 1.06 bits per heavy atom. The molecule has 4 atom stereocenters. The summed E-state index contributed by atoms with van der Waals surface area (Å²) in [7, 11) is 0. The molecule has 2 bridgehead atoms. The molecule has 3 saturated heterocycles. The number of aliphatic hydroxyl groups is 1. The number of rotatable bonds is 5. The SMILES string of the molecule is Cc1cccc(CN2C[C@@H]3[C@H](CO)[C@H]4CN(c5nc(-c6ccccc6)no5)C[C@]3(C2)O4)n1. The highest BCUT2D eigenvalue weighted by Gasteiger charge is 2.62. The van der Waals surface area contributed by atoms with Gasteiger partial charge in [-0.25, -0.2) is 0 Å². The van der Waals surface area contributed by atoms with Crippen molar-refractivity contribution in [2.45, 2.75) is 25.2 Å². The van der Waals surface area contributed by atoms with Gasteiger partial charge in [0.2, 0.25) is 5.82 Å². The number of pyridine rings is 1. The van der Waals surface area contributed by atoms with E-state index < -0.39 is 0 Å². The quantitative estimate of drug-likeness (QED) is 0.655. The van der Waals surface area contributed by atoms with Crippen molar-refractivity contribution in [3.63, 3.8) is 0 Å². The van der Waals surface area contributed by atoms with Gasteiger partial charge in [-0.1, -0.05) is 41.6 Å². The highest BCUT2D eigenvalue weighted by Crippen LogP contribution is 2.49. The highest BCUT2D eigenvalue weighted by atomic mass is 16.5. The number of fused-ring (bicyclic) bond motifs is 1. The first-order valence-corrected chi connectivity index (χ1v) is 11.2. The fourth-order valence-electron chi connectivity index (χ4n) is 5.76. The normalized spacial score (nSPS) is 29.4. The number of likely N-dealkylation sites (tertiary alicyclic amines) is 1. The fraction of sp³-hybridized carbons (Fsp3) is 0.458. The van der Waals surface area contributed by atoms with Gasteiger partial charge >= 0.3 is 6.01 Å². The molecule has 0 saturated carbocycles. The summed E-state index contributed by atoms with van der Waals surface area (Å²) in [5, 5.41) is 14.4. The van der Waals surface area contributed by atoms with Crippen LogP contribution in [0.15, 0.2) is 53.1 Å². The minimum Gasteiger partial charge on any atom is -0.396 e. The van der Waals surface area contributed by atoms with E-state index in [0.717, 1.165) is 36.6 Å². The third-order valence-electron chi connectivity index (χ3n) is 7.12. The first kappa shape index (κ1) is 19.8. The molecule has 2 aromatic heterocycles. The molecule has 0 amide bonds. The third kappa shape index (κ3) is 3.30. The molecule has 3 aliphatic heterocycles. The van der Waals surface area contributed by atoms with E-state index in [2.05, 4.69) is 37.1 Å². The number of ether oxygens (including phenoxy) is 1. The molecule has 3 aliphatic rings. The Morgan fingerprint density at radius 3 is 2.75 bits per heavy atom. The number of aryl methyl sites for hydroxylation is 1. The van der Waals surface area contributed by atoms with Crippen LogP contribution in [0, 0.1) is 18.8 Å². The lowest BCUT2D eigenvalue weighted by atomic mass is 9.83. The van der Waals surface area contributed by atoms with Crippen molar-refractivity contribution < 1.29 is 14.4 Å². The number of aromatic nitrogens is 3. The van der Waals surface area contributed by atoms with Crippen molar-refractivity contribution in [1.29, 1.82) is 0 Å². The zero-order valence-corrected chi connectivity index (χ0v) is 18.1. The lowest BCUT2D eigenvalue weighted by Gasteiger charge is -2.39. The Kier molecular flexibility index (Phi) is 4.74. The van der Waals surface area contributed by atoms with E-state index in [9.17, 15) is 5.11 Å². The zero-order valence-electron chi connectivity index (χ0n) is 18.1. The number of nitrogens with zero attached hydrogens (tertiary/aromatic N) is 5. The number of hydrogen-bond donors (Lipinski definition) is 1. The summed E-state index contributed by atoms with van der Waals surface area (Å²) in [4.78, 5) is 13.9. The van der Waals surface area contributed by atoms with Gasteiger partial charge in [-0.05, 0) is 19.1 Å². The predicted molar refractivity (Wildman–Crippen MR) is 118 cm³/mol. The second kappa shape index (κ2) is 7.65. The summed E-state index contributed by atoms with van der Waals surface area (Å²) in [6, 6.07) is 16.5. The van der Waals surface area contributed by atoms with Gasteiger partial charge in [0.15, 0.2) is 0 Å². The average molecular weight is 434 g/mol. The van der Waals surface area contributed by atoms with Crippen molar-refractivity contribution >= 4 is 6.01 Å². The van der Waals surface area contributed by atoms with E-state index in [1.165, 1.54) is 0 Å². The second-order valence-electron chi connectivity index (χ2n) is 9.26. The summed E-state index contributed by atoms with van der Waals surface area (Å²) < 4.78 is 12.2. The van der Waals surface area contributed by atoms with Gasteiger partial charge in [-0.2, -0.15) is 4.98 Å². The van der Waals surface area contributed by atoms with Crippen molar-refractivity contribution in [2.75, 3.05) is 37.7 Å². The van der Waals surface area contributed by atoms with Gasteiger partial charge in [0.05, 0.1) is 18.3 Å². The monoisotopic (exact) mass is 433 g/mol. The molecule has 1 aromatic carbocycles. The van der Waals surface area contributed by atoms with Crippen LogP contribution in [0.3, 0.4) is 0 Å². The van der Waals surface area contributed by atoms with E-state index in [1.54, 1.807) is 0 Å². The molecule has 0 aliphatic carbocycles. The maximum Gasteiger partial charge on any atom is 0.324 e. The zero-order chi connectivity index (χ0) is 21.7. The van der Waals surface area contributed by atoms with Gasteiger partial charge < -0.3 is 19.3 Å². The Bertz CT molecular complexity index is 1110. The first-order valence-electron chi connectivity index (χ1n) is 11.2. The molecule has 6 rings (SSSR count). The minimum absolute atomic E-state index is 0.0370. The van der Waals surface area contributed by atoms with Crippen LogP contribution < -0.4 is 4.90 Å². The van der Waals surface area contributed by atoms with Crippen molar-refractivity contribution in [1.82, 2.24) is 20.0 Å². The average Bonchev–Trinajstić information content (AvgIpc) is 3.45. The smallest absolute Gasteiger partial charge is 0.324 e. The highest BCUT2D eigenvalue weighted by molar-refractivity contribution is 5.55. The molecule has 3 fully saturated rings. The van der Waals surface area contributed by atoms with E-state index in [1.807, 2.05) is 43.3 Å². The summed E-state index contributed by atoms with van der Waals surface area (Å²) in [6.07, 6.45) is -0.0370. The molecule has 5 heterocycles. The number of hydrogen-bond acceptors (Lipinski definition) is 8. The Labute approximate surface area is 186 Å². The maximum atomic E-state index is 10.2. The maximum absolute atomic E-state index is 10.2. The van der Waals surface area contributed by atoms with Crippen molar-refractivity contribution in [2.24, 2.45) is 11.8 Å². The molecule has 32 heavy (non-hydrogen) atoms. The van der Waals surface area contributed by atoms with Gasteiger partial charge in [0.25, 0.3) is 0 Å². The summed E-state index contributed by atoms with van der Waals surface area (Å²) in [5.74, 6) is 0.960. The Balaban J connectivity index is 1.24. The number of aliphatic hydroxyl groups excluding tert-OH is 1. The molecule has 1 spiro atoms. The predicted octanol–water partition coefficient (Wildman–Crippen LogP) is 2.14. The summed E-state index contributed by atoms with van der Waals surface area (Å²) in [6.45, 7) is 5.95. The second-order valence-corrected chi connectivity index (χ2v) is 9.26. The molecule has 166 valence electrons. The van der Waals surface area contributed by atoms with Crippen LogP contribution in [-0.2, 0) is 11.3 Å². The van der Waals surface area contributed by atoms with Gasteiger partial charge in [0.1, 0.15) is 5.60 Å². The lowest BCUT2D eigenvalue weighted by molar-refractivity contribution is -0.0659. The van der Waals surface area contributed by atoms with Crippen LogP contribution in [-0.4, -0.2) is 69.6 Å². The number of morpholine rings is 1. The van der Waals surface area contributed by atoms with Gasteiger partial charge in [-0.3, -0.25) is 9.88 Å². The largest absolute Gasteiger partial charge is 0.396 e. The molecular formula is C24H27N5O3. The standard InChI is InChI=1S/C24H27N5O3/c1-16-6-5-9-18(25-16)10-28-11-20-19(13-30)21-12-29(15-24(20,14-28)31-21)23-26-22(27-32-23)17-7-3-2-4-8-17/h2-9,19-21,30H,10-15H2,1H3/t19-,20+,21+,24-/m0/s1. The van der Waals surface area contributed by atoms with Crippen molar-refractivity contribution in [3.05, 3.63) is 59.9 Å². The molecule has 8 heteroatoms. The first-order chi connectivity index (χ1) is 15.6. The van der Waals surface area contributed by atoms with Crippen LogP contribution >= 0.6 is 0 Å². The van der Waals surface area contributed by atoms with E-state index in [4.69, 9.17) is 9.26 Å². The van der Waals surface area contributed by atoms with Gasteiger partial charge in [-0.15, -0.1) is 0 Å². The lowest BCUT2D eigenvalue weighted by Crippen LogP contribution is -2.54. The molecular weight excluding hydrogens is 406 g/mol. The molecule has 8 nitrogen and oxygen atoms in total. The molecule has 3 aromatic rings. The molecule has 0 unspecified atom stereocenters. The number of benzene rings is 1. The van der Waals surface area contributed by atoms with E-state index >= 15 is 0 Å². The van der Waals surface area contributed by atoms with Gasteiger partial charge in [0, 0.05) is 55.9 Å². The van der Waals surface area contributed by atoms with Crippen LogP contribution in [0.4, 0.5) is 6.01 Å². The Hall–Kier alpha value is -2.81. The third-order valence-corrected chi connectivity index (χ3v) is 7.12. The van der Waals surface area contributed by atoms with E-state index in [0.29, 0.717) is 24.9 Å². The van der Waals surface area contributed by atoms with Crippen LogP contribution in [0.5, 0.6) is 0 Å².